The lowest BCUT2D eigenvalue weighted by Crippen LogP contribution is -2.05. The van der Waals surface area contributed by atoms with Crippen molar-refractivity contribution < 1.29 is 13.6 Å². The molecule has 84 valence electrons. The Morgan fingerprint density at radius 2 is 2.06 bits per heavy atom. The zero-order chi connectivity index (χ0) is 11.9. The fourth-order valence-electron chi connectivity index (χ4n) is 1.63. The summed E-state index contributed by atoms with van der Waals surface area (Å²) in [6.45, 7) is 5.41. The van der Waals surface area contributed by atoms with Gasteiger partial charge in [0.15, 0.2) is 5.76 Å². The number of rotatable bonds is 2. The quantitative estimate of drug-likeness (QED) is 0.722. The fourth-order valence-corrected chi connectivity index (χ4v) is 1.63. The molecule has 0 saturated heterocycles. The van der Waals surface area contributed by atoms with E-state index < -0.39 is 0 Å². The molecule has 0 radical (unpaired) electrons. The summed E-state index contributed by atoms with van der Waals surface area (Å²) in [6.07, 6.45) is 0. The van der Waals surface area contributed by atoms with Crippen molar-refractivity contribution in [1.29, 1.82) is 0 Å². The van der Waals surface area contributed by atoms with Crippen LogP contribution in [-0.2, 0) is 0 Å². The van der Waals surface area contributed by atoms with Crippen LogP contribution >= 0.6 is 0 Å². The van der Waals surface area contributed by atoms with E-state index in [4.69, 9.17) is 4.42 Å². The van der Waals surface area contributed by atoms with Crippen molar-refractivity contribution in [1.82, 2.24) is 0 Å². The largest absolute Gasteiger partial charge is 0.453 e. The van der Waals surface area contributed by atoms with Crippen molar-refractivity contribution in [3.8, 4) is 0 Å². The third-order valence-electron chi connectivity index (χ3n) is 2.59. The van der Waals surface area contributed by atoms with Gasteiger partial charge in [-0.15, -0.1) is 0 Å². The Balaban J connectivity index is 2.64. The summed E-state index contributed by atoms with van der Waals surface area (Å²) in [7, 11) is 0. The van der Waals surface area contributed by atoms with Crippen LogP contribution in [0.5, 0.6) is 0 Å². The Morgan fingerprint density at radius 1 is 1.38 bits per heavy atom. The molecule has 0 atom stereocenters. The van der Waals surface area contributed by atoms with Gasteiger partial charge in [0.05, 0.1) is 5.39 Å². The fraction of sp³-hybridized carbons (Fsp3) is 0.308. The number of carbonyl (C=O) groups is 1. The molecule has 1 aromatic heterocycles. The highest BCUT2D eigenvalue weighted by atomic mass is 19.1. The first-order chi connectivity index (χ1) is 7.50. The second-order valence-corrected chi connectivity index (χ2v) is 4.24. The molecule has 0 unspecified atom stereocenters. The predicted octanol–water partition coefficient (Wildman–Crippen LogP) is 3.72. The third kappa shape index (κ3) is 1.62. The van der Waals surface area contributed by atoms with Gasteiger partial charge in [-0.05, 0) is 24.6 Å². The summed E-state index contributed by atoms with van der Waals surface area (Å²) in [4.78, 5) is 11.7. The summed E-state index contributed by atoms with van der Waals surface area (Å²) >= 11 is 0. The van der Waals surface area contributed by atoms with E-state index in [-0.39, 0.29) is 23.3 Å². The molecule has 2 nitrogen and oxygen atoms in total. The van der Waals surface area contributed by atoms with E-state index in [2.05, 4.69) is 0 Å². The summed E-state index contributed by atoms with van der Waals surface area (Å²) in [5.74, 6) is -0.371. The Morgan fingerprint density at radius 3 is 2.62 bits per heavy atom. The van der Waals surface area contributed by atoms with Gasteiger partial charge in [-0.25, -0.2) is 4.39 Å². The number of benzene rings is 1. The number of hydrogen-bond donors (Lipinski definition) is 0. The number of ketones is 1. The highest BCUT2D eigenvalue weighted by Gasteiger charge is 2.18. The molecule has 0 bridgehead atoms. The third-order valence-corrected chi connectivity index (χ3v) is 2.59. The molecule has 0 amide bonds. The van der Waals surface area contributed by atoms with Crippen LogP contribution in [0.15, 0.2) is 22.6 Å². The minimum Gasteiger partial charge on any atom is -0.453 e. The van der Waals surface area contributed by atoms with Gasteiger partial charge >= 0.3 is 0 Å². The van der Waals surface area contributed by atoms with Crippen LogP contribution in [-0.4, -0.2) is 5.78 Å². The van der Waals surface area contributed by atoms with Crippen LogP contribution in [0.1, 0.15) is 30.0 Å². The second-order valence-electron chi connectivity index (χ2n) is 4.24. The number of furan rings is 1. The van der Waals surface area contributed by atoms with Gasteiger partial charge in [-0.3, -0.25) is 4.79 Å². The average Bonchev–Trinajstić information content (AvgIpc) is 2.68. The Hall–Kier alpha value is -1.64. The molecule has 0 saturated carbocycles. The maximum absolute atomic E-state index is 13.5. The number of hydrogen-bond acceptors (Lipinski definition) is 2. The van der Waals surface area contributed by atoms with Crippen molar-refractivity contribution in [3.05, 3.63) is 35.3 Å². The maximum atomic E-state index is 13.5. The first-order valence-corrected chi connectivity index (χ1v) is 5.23. The van der Waals surface area contributed by atoms with Gasteiger partial charge in [-0.1, -0.05) is 19.9 Å². The van der Waals surface area contributed by atoms with E-state index in [0.717, 1.165) is 5.56 Å². The normalized spacial score (nSPS) is 11.3. The van der Waals surface area contributed by atoms with Crippen molar-refractivity contribution in [2.75, 3.05) is 0 Å². The van der Waals surface area contributed by atoms with E-state index in [0.29, 0.717) is 11.0 Å². The number of Topliss-reactive ketones (excluding diaryl/α,β-unsaturated/α-hetero) is 1. The van der Waals surface area contributed by atoms with Gasteiger partial charge in [0, 0.05) is 5.92 Å². The van der Waals surface area contributed by atoms with Crippen LogP contribution in [0, 0.1) is 18.7 Å². The summed E-state index contributed by atoms with van der Waals surface area (Å²) in [6, 6.07) is 4.52. The molecule has 1 heterocycles. The van der Waals surface area contributed by atoms with Crippen molar-refractivity contribution in [2.45, 2.75) is 20.8 Å². The first kappa shape index (κ1) is 10.9. The van der Waals surface area contributed by atoms with Crippen molar-refractivity contribution in [3.63, 3.8) is 0 Å². The van der Waals surface area contributed by atoms with Crippen LogP contribution < -0.4 is 0 Å². The summed E-state index contributed by atoms with van der Waals surface area (Å²) < 4.78 is 18.9. The lowest BCUT2D eigenvalue weighted by atomic mass is 10.1. The zero-order valence-electron chi connectivity index (χ0n) is 9.50. The van der Waals surface area contributed by atoms with Gasteiger partial charge < -0.3 is 4.42 Å². The van der Waals surface area contributed by atoms with Gasteiger partial charge in [-0.2, -0.15) is 0 Å². The molecule has 1 aromatic carbocycles. The highest BCUT2D eigenvalue weighted by Crippen LogP contribution is 2.26. The van der Waals surface area contributed by atoms with Gasteiger partial charge in [0.25, 0.3) is 0 Å². The van der Waals surface area contributed by atoms with E-state index >= 15 is 0 Å². The monoisotopic (exact) mass is 220 g/mol. The van der Waals surface area contributed by atoms with Crippen LogP contribution in [0.4, 0.5) is 4.39 Å². The molecule has 0 aliphatic heterocycles. The number of halogens is 1. The Kier molecular flexibility index (Phi) is 2.54. The first-order valence-electron chi connectivity index (χ1n) is 5.23. The second kappa shape index (κ2) is 3.74. The number of carbonyl (C=O) groups excluding carboxylic acids is 1. The van der Waals surface area contributed by atoms with Crippen LogP contribution in [0.2, 0.25) is 0 Å². The minimum atomic E-state index is -0.354. The Bertz CT molecular complexity index is 513. The molecule has 0 fully saturated rings. The number of fused-ring (bicyclic) bond motifs is 1. The standard InChI is InChI=1S/C13H13FO2/c1-7(2)12(15)11-6-9-10(14)5-4-8(3)13(9)16-11/h4-7H,1-3H3. The highest BCUT2D eigenvalue weighted by molar-refractivity contribution is 5.99. The van der Waals surface area contributed by atoms with Crippen LogP contribution in [0.3, 0.4) is 0 Å². The zero-order valence-corrected chi connectivity index (χ0v) is 9.50. The molecule has 3 heteroatoms. The van der Waals surface area contributed by atoms with Gasteiger partial charge in [0.2, 0.25) is 5.78 Å². The summed E-state index contributed by atoms with van der Waals surface area (Å²) in [5, 5.41) is 0.379. The lowest BCUT2D eigenvalue weighted by molar-refractivity contribution is 0.0913. The van der Waals surface area contributed by atoms with E-state index in [9.17, 15) is 9.18 Å². The maximum Gasteiger partial charge on any atom is 0.200 e. The van der Waals surface area contributed by atoms with E-state index in [1.807, 2.05) is 6.92 Å². The summed E-state index contributed by atoms with van der Waals surface area (Å²) in [5.41, 5.74) is 1.29. The molecule has 16 heavy (non-hydrogen) atoms. The molecule has 0 spiro atoms. The number of aryl methyl sites for hydroxylation is 1. The molecule has 2 aromatic rings. The van der Waals surface area contributed by atoms with Gasteiger partial charge in [0.1, 0.15) is 11.4 Å². The molecular formula is C13H13FO2. The topological polar surface area (TPSA) is 30.2 Å². The average molecular weight is 220 g/mol. The Labute approximate surface area is 93.1 Å². The van der Waals surface area contributed by atoms with Crippen LogP contribution in [0.25, 0.3) is 11.0 Å². The molecular weight excluding hydrogens is 207 g/mol. The van der Waals surface area contributed by atoms with E-state index in [1.165, 1.54) is 12.1 Å². The predicted molar refractivity (Wildman–Crippen MR) is 60.1 cm³/mol. The molecule has 0 N–H and O–H groups in total. The van der Waals surface area contributed by atoms with E-state index in [1.54, 1.807) is 19.9 Å². The smallest absolute Gasteiger partial charge is 0.200 e. The minimum absolute atomic E-state index is 0.102. The molecule has 2 rings (SSSR count). The molecule has 0 aliphatic carbocycles. The van der Waals surface area contributed by atoms with Crippen molar-refractivity contribution in [2.24, 2.45) is 5.92 Å². The molecule has 0 aliphatic rings. The lowest BCUT2D eigenvalue weighted by Gasteiger charge is -1.98. The SMILES string of the molecule is Cc1ccc(F)c2cc(C(=O)C(C)C)oc12. The van der Waals surface area contributed by atoms with Crippen molar-refractivity contribution >= 4 is 16.8 Å².